The Bertz CT molecular complexity index is 712. The molecule has 1 aliphatic heterocycles. The van der Waals surface area contributed by atoms with Crippen LogP contribution in [0.4, 0.5) is 15.8 Å². The van der Waals surface area contributed by atoms with Gasteiger partial charge in [-0.15, -0.1) is 0 Å². The van der Waals surface area contributed by atoms with Crippen LogP contribution < -0.4 is 10.2 Å². The maximum absolute atomic E-state index is 13.7. The number of carbonyl (C=O) groups excluding carboxylic acids is 1. The summed E-state index contributed by atoms with van der Waals surface area (Å²) in [6, 6.07) is 11.8. The van der Waals surface area contributed by atoms with Crippen LogP contribution in [0.15, 0.2) is 42.5 Å². The second-order valence-electron chi connectivity index (χ2n) is 5.53. The van der Waals surface area contributed by atoms with Gasteiger partial charge in [-0.2, -0.15) is 0 Å². The number of anilines is 2. The summed E-state index contributed by atoms with van der Waals surface area (Å²) in [5, 5.41) is 2.84. The zero-order valence-electron chi connectivity index (χ0n) is 13.0. The number of aryl methyl sites for hydroxylation is 1. The summed E-state index contributed by atoms with van der Waals surface area (Å²) in [5.41, 5.74) is 2.77. The van der Waals surface area contributed by atoms with Gasteiger partial charge in [-0.25, -0.2) is 4.39 Å². The number of nitrogens with zero attached hydrogens (tertiary/aromatic N) is 1. The summed E-state index contributed by atoms with van der Waals surface area (Å²) < 4.78 is 19.0. The summed E-state index contributed by atoms with van der Waals surface area (Å²) in [6.45, 7) is 4.58. The largest absolute Gasteiger partial charge is 0.378 e. The lowest BCUT2D eigenvalue weighted by atomic mass is 10.1. The van der Waals surface area contributed by atoms with Crippen LogP contribution in [0.3, 0.4) is 0 Å². The Morgan fingerprint density at radius 3 is 2.65 bits per heavy atom. The molecule has 2 aromatic carbocycles. The molecule has 0 saturated carbocycles. The smallest absolute Gasteiger partial charge is 0.255 e. The fraction of sp³-hybridized carbons (Fsp3) is 0.278. The Hall–Kier alpha value is -2.40. The fourth-order valence-corrected chi connectivity index (χ4v) is 2.71. The van der Waals surface area contributed by atoms with Gasteiger partial charge in [0, 0.05) is 18.7 Å². The number of ether oxygens (including phenoxy) is 1. The fourth-order valence-electron chi connectivity index (χ4n) is 2.71. The summed E-state index contributed by atoms with van der Waals surface area (Å²) in [5.74, 6) is -0.606. The molecule has 0 atom stereocenters. The minimum Gasteiger partial charge on any atom is -0.378 e. The Kier molecular flexibility index (Phi) is 4.57. The van der Waals surface area contributed by atoms with Crippen molar-refractivity contribution in [2.24, 2.45) is 0 Å². The van der Waals surface area contributed by atoms with E-state index in [0.29, 0.717) is 24.5 Å². The predicted octanol–water partition coefficient (Wildman–Crippen LogP) is 3.22. The molecule has 5 heteroatoms. The highest BCUT2D eigenvalue weighted by atomic mass is 19.1. The normalized spacial score (nSPS) is 14.6. The van der Waals surface area contributed by atoms with E-state index in [4.69, 9.17) is 4.74 Å². The highest BCUT2D eigenvalue weighted by Crippen LogP contribution is 2.28. The van der Waals surface area contributed by atoms with Gasteiger partial charge in [-0.1, -0.05) is 18.2 Å². The summed E-state index contributed by atoms with van der Waals surface area (Å²) in [4.78, 5) is 14.6. The zero-order valence-corrected chi connectivity index (χ0v) is 13.0. The van der Waals surface area contributed by atoms with Gasteiger partial charge in [0.2, 0.25) is 0 Å². The molecule has 0 unspecified atom stereocenters. The van der Waals surface area contributed by atoms with Crippen molar-refractivity contribution in [2.45, 2.75) is 6.92 Å². The first-order chi connectivity index (χ1) is 11.1. The minimum absolute atomic E-state index is 0.233. The Morgan fingerprint density at radius 2 is 1.91 bits per heavy atom. The first-order valence-corrected chi connectivity index (χ1v) is 7.64. The number of amides is 1. The molecule has 0 bridgehead atoms. The van der Waals surface area contributed by atoms with Crippen LogP contribution in [0.25, 0.3) is 0 Å². The number of benzene rings is 2. The highest BCUT2D eigenvalue weighted by Gasteiger charge is 2.18. The number of hydrogen-bond donors (Lipinski definition) is 1. The van der Waals surface area contributed by atoms with E-state index < -0.39 is 0 Å². The van der Waals surface area contributed by atoms with Gasteiger partial charge in [-0.3, -0.25) is 4.79 Å². The standard InChI is InChI=1S/C18H19FN2O2/c1-13-4-2-3-5-15(13)18(22)20-16-12-14(19)6-7-17(16)21-8-10-23-11-9-21/h2-7,12H,8-11H2,1H3,(H,20,22). The molecule has 0 radical (unpaired) electrons. The van der Waals surface area contributed by atoms with Gasteiger partial charge in [0.1, 0.15) is 5.82 Å². The van der Waals surface area contributed by atoms with E-state index in [1.165, 1.54) is 12.1 Å². The molecule has 23 heavy (non-hydrogen) atoms. The van der Waals surface area contributed by atoms with E-state index >= 15 is 0 Å². The third kappa shape index (κ3) is 3.51. The molecule has 120 valence electrons. The average Bonchev–Trinajstić information content (AvgIpc) is 2.56. The third-order valence-corrected chi connectivity index (χ3v) is 3.95. The van der Waals surface area contributed by atoms with E-state index in [2.05, 4.69) is 10.2 Å². The third-order valence-electron chi connectivity index (χ3n) is 3.95. The first-order valence-electron chi connectivity index (χ1n) is 7.64. The highest BCUT2D eigenvalue weighted by molar-refractivity contribution is 6.06. The van der Waals surface area contributed by atoms with Crippen LogP contribution in [0.5, 0.6) is 0 Å². The molecule has 0 aliphatic carbocycles. The van der Waals surface area contributed by atoms with Crippen LogP contribution in [0.2, 0.25) is 0 Å². The predicted molar refractivity (Wildman–Crippen MR) is 88.6 cm³/mol. The first kappa shape index (κ1) is 15.5. The second-order valence-corrected chi connectivity index (χ2v) is 5.53. The van der Waals surface area contributed by atoms with Gasteiger partial charge in [0.15, 0.2) is 0 Å². The van der Waals surface area contributed by atoms with E-state index in [0.717, 1.165) is 24.3 Å². The molecule has 1 aliphatic rings. The molecule has 1 N–H and O–H groups in total. The molecule has 0 spiro atoms. The summed E-state index contributed by atoms with van der Waals surface area (Å²) >= 11 is 0. The Morgan fingerprint density at radius 1 is 1.17 bits per heavy atom. The van der Waals surface area contributed by atoms with Crippen molar-refractivity contribution in [3.8, 4) is 0 Å². The van der Waals surface area contributed by atoms with Crippen molar-refractivity contribution in [1.29, 1.82) is 0 Å². The Balaban J connectivity index is 1.88. The monoisotopic (exact) mass is 314 g/mol. The lowest BCUT2D eigenvalue weighted by Gasteiger charge is -2.30. The maximum Gasteiger partial charge on any atom is 0.255 e. The van der Waals surface area contributed by atoms with Crippen molar-refractivity contribution in [2.75, 3.05) is 36.5 Å². The molecule has 1 saturated heterocycles. The molecule has 1 heterocycles. The van der Waals surface area contributed by atoms with Gasteiger partial charge >= 0.3 is 0 Å². The zero-order chi connectivity index (χ0) is 16.2. The van der Waals surface area contributed by atoms with Gasteiger partial charge < -0.3 is 15.0 Å². The van der Waals surface area contributed by atoms with Crippen molar-refractivity contribution in [3.05, 3.63) is 59.4 Å². The molecule has 4 nitrogen and oxygen atoms in total. The van der Waals surface area contributed by atoms with Gasteiger partial charge in [-0.05, 0) is 36.8 Å². The van der Waals surface area contributed by atoms with Gasteiger partial charge in [0.25, 0.3) is 5.91 Å². The van der Waals surface area contributed by atoms with Crippen LogP contribution in [-0.4, -0.2) is 32.2 Å². The quantitative estimate of drug-likeness (QED) is 0.946. The number of rotatable bonds is 3. The van der Waals surface area contributed by atoms with Crippen LogP contribution in [0.1, 0.15) is 15.9 Å². The minimum atomic E-state index is -0.373. The number of hydrogen-bond acceptors (Lipinski definition) is 3. The molecular formula is C18H19FN2O2. The van der Waals surface area contributed by atoms with E-state index in [1.807, 2.05) is 25.1 Å². The van der Waals surface area contributed by atoms with Crippen LogP contribution >= 0.6 is 0 Å². The number of morpholine rings is 1. The van der Waals surface area contributed by atoms with E-state index in [-0.39, 0.29) is 11.7 Å². The van der Waals surface area contributed by atoms with Crippen molar-refractivity contribution < 1.29 is 13.9 Å². The molecule has 0 aromatic heterocycles. The molecule has 2 aromatic rings. The molecule has 1 amide bonds. The topological polar surface area (TPSA) is 41.6 Å². The van der Waals surface area contributed by atoms with E-state index in [1.54, 1.807) is 12.1 Å². The van der Waals surface area contributed by atoms with Crippen molar-refractivity contribution in [1.82, 2.24) is 0 Å². The molecule has 3 rings (SSSR count). The lowest BCUT2D eigenvalue weighted by molar-refractivity contribution is 0.102. The summed E-state index contributed by atoms with van der Waals surface area (Å²) in [7, 11) is 0. The number of halogens is 1. The lowest BCUT2D eigenvalue weighted by Crippen LogP contribution is -2.36. The number of nitrogens with one attached hydrogen (secondary N) is 1. The molecular weight excluding hydrogens is 295 g/mol. The van der Waals surface area contributed by atoms with E-state index in [9.17, 15) is 9.18 Å². The Labute approximate surface area is 134 Å². The molecule has 1 fully saturated rings. The number of carbonyl (C=O) groups is 1. The average molecular weight is 314 g/mol. The summed E-state index contributed by atoms with van der Waals surface area (Å²) in [6.07, 6.45) is 0. The van der Waals surface area contributed by atoms with Crippen LogP contribution in [-0.2, 0) is 4.74 Å². The van der Waals surface area contributed by atoms with Gasteiger partial charge in [0.05, 0.1) is 24.6 Å². The van der Waals surface area contributed by atoms with Crippen LogP contribution in [0, 0.1) is 12.7 Å². The maximum atomic E-state index is 13.7. The SMILES string of the molecule is Cc1ccccc1C(=O)Nc1cc(F)ccc1N1CCOCC1. The van der Waals surface area contributed by atoms with Crippen molar-refractivity contribution >= 4 is 17.3 Å². The van der Waals surface area contributed by atoms with Crippen molar-refractivity contribution in [3.63, 3.8) is 0 Å². The second kappa shape index (κ2) is 6.79.